The smallest absolute Gasteiger partial charge is 0.408 e. The summed E-state index contributed by atoms with van der Waals surface area (Å²) in [5.74, 6) is -0.649. The van der Waals surface area contributed by atoms with Gasteiger partial charge >= 0.3 is 5.76 Å². The maximum Gasteiger partial charge on any atom is 0.419 e. The summed E-state index contributed by atoms with van der Waals surface area (Å²) >= 11 is 0. The number of rotatable bonds is 9. The van der Waals surface area contributed by atoms with Crippen LogP contribution < -0.4 is 5.76 Å². The number of benzene rings is 2. The standard InChI is InChI=1S/C25H31N3O5S/c1-3-19(2)28(18-20-9-5-4-6-10-20)24(29)13-16-27-22-12-11-21(17-23(22)33-25(27)30)34(31,32)26-14-7-8-15-26/h4-6,9-12,17,19H,3,7-8,13-16,18H2,1-2H3. The molecule has 0 aliphatic carbocycles. The van der Waals surface area contributed by atoms with Crippen LogP contribution in [0.1, 0.15) is 45.1 Å². The quantitative estimate of drug-likeness (QED) is 0.462. The highest BCUT2D eigenvalue weighted by atomic mass is 32.2. The van der Waals surface area contributed by atoms with Gasteiger partial charge in [-0.3, -0.25) is 9.36 Å². The lowest BCUT2D eigenvalue weighted by Crippen LogP contribution is -2.38. The van der Waals surface area contributed by atoms with Gasteiger partial charge in [0.25, 0.3) is 0 Å². The first kappa shape index (κ1) is 24.2. The number of carbonyl (C=O) groups excluding carboxylic acids is 1. The van der Waals surface area contributed by atoms with Crippen molar-refractivity contribution in [2.45, 2.75) is 63.6 Å². The molecule has 1 amide bonds. The third-order valence-electron chi connectivity index (χ3n) is 6.53. The summed E-state index contributed by atoms with van der Waals surface area (Å²) in [6.07, 6.45) is 2.65. The molecule has 0 bridgehead atoms. The number of carbonyl (C=O) groups is 1. The van der Waals surface area contributed by atoms with Crippen LogP contribution in [-0.2, 0) is 27.9 Å². The summed E-state index contributed by atoms with van der Waals surface area (Å²) in [5, 5.41) is 0. The summed E-state index contributed by atoms with van der Waals surface area (Å²) in [4.78, 5) is 27.6. The second-order valence-electron chi connectivity index (χ2n) is 8.77. The minimum Gasteiger partial charge on any atom is -0.408 e. The predicted octanol–water partition coefficient (Wildman–Crippen LogP) is 3.60. The van der Waals surface area contributed by atoms with Crippen molar-refractivity contribution in [1.29, 1.82) is 0 Å². The van der Waals surface area contributed by atoms with Gasteiger partial charge in [-0.1, -0.05) is 37.3 Å². The van der Waals surface area contributed by atoms with E-state index in [1.54, 1.807) is 6.07 Å². The molecular formula is C25H31N3O5S. The summed E-state index contributed by atoms with van der Waals surface area (Å²) in [5.41, 5.74) is 1.74. The van der Waals surface area contributed by atoms with Gasteiger partial charge in [-0.05, 0) is 43.9 Å². The van der Waals surface area contributed by atoms with E-state index < -0.39 is 15.8 Å². The van der Waals surface area contributed by atoms with Gasteiger partial charge in [0.15, 0.2) is 5.58 Å². The third kappa shape index (κ3) is 4.95. The Balaban J connectivity index is 1.52. The van der Waals surface area contributed by atoms with Crippen LogP contribution >= 0.6 is 0 Å². The molecule has 3 aromatic rings. The molecule has 1 aliphatic heterocycles. The Morgan fingerprint density at radius 1 is 1.12 bits per heavy atom. The Hall–Kier alpha value is -2.91. The zero-order valence-electron chi connectivity index (χ0n) is 19.6. The molecule has 34 heavy (non-hydrogen) atoms. The van der Waals surface area contributed by atoms with E-state index in [0.29, 0.717) is 25.2 Å². The van der Waals surface area contributed by atoms with Crippen molar-refractivity contribution < 1.29 is 17.6 Å². The molecule has 2 aromatic carbocycles. The Labute approximate surface area is 199 Å². The molecule has 0 N–H and O–H groups in total. The average Bonchev–Trinajstić information content (AvgIpc) is 3.49. The number of amides is 1. The molecule has 0 saturated carbocycles. The summed E-state index contributed by atoms with van der Waals surface area (Å²) in [6, 6.07) is 14.4. The normalized spacial score (nSPS) is 15.6. The molecule has 1 aliphatic rings. The molecule has 9 heteroatoms. The van der Waals surface area contributed by atoms with Crippen LogP contribution in [0.5, 0.6) is 0 Å². The predicted molar refractivity (Wildman–Crippen MR) is 130 cm³/mol. The fourth-order valence-electron chi connectivity index (χ4n) is 4.34. The maximum atomic E-state index is 13.1. The molecule has 2 heterocycles. The van der Waals surface area contributed by atoms with Crippen LogP contribution in [0.4, 0.5) is 0 Å². The molecule has 182 valence electrons. The molecular weight excluding hydrogens is 454 g/mol. The van der Waals surface area contributed by atoms with Crippen LogP contribution in [0.15, 0.2) is 62.6 Å². The number of aromatic nitrogens is 1. The first-order valence-electron chi connectivity index (χ1n) is 11.8. The highest BCUT2D eigenvalue weighted by Gasteiger charge is 2.28. The number of nitrogens with zero attached hydrogens (tertiary/aromatic N) is 3. The number of sulfonamides is 1. The summed E-state index contributed by atoms with van der Waals surface area (Å²) in [6.45, 7) is 5.73. The molecule has 8 nitrogen and oxygen atoms in total. The first-order chi connectivity index (χ1) is 16.3. The third-order valence-corrected chi connectivity index (χ3v) is 8.43. The van der Waals surface area contributed by atoms with Crippen LogP contribution in [0.2, 0.25) is 0 Å². The van der Waals surface area contributed by atoms with Crippen molar-refractivity contribution in [2.75, 3.05) is 13.1 Å². The van der Waals surface area contributed by atoms with Gasteiger partial charge in [-0.25, -0.2) is 13.2 Å². The van der Waals surface area contributed by atoms with E-state index in [2.05, 4.69) is 0 Å². The van der Waals surface area contributed by atoms with Crippen molar-refractivity contribution in [3.05, 3.63) is 64.6 Å². The highest BCUT2D eigenvalue weighted by molar-refractivity contribution is 7.89. The second kappa shape index (κ2) is 10.1. The fourth-order valence-corrected chi connectivity index (χ4v) is 5.87. The van der Waals surface area contributed by atoms with Crippen molar-refractivity contribution >= 4 is 27.0 Å². The Bertz CT molecular complexity index is 1310. The first-order valence-corrected chi connectivity index (χ1v) is 13.2. The lowest BCUT2D eigenvalue weighted by atomic mass is 10.1. The Morgan fingerprint density at radius 2 is 1.82 bits per heavy atom. The molecule has 0 radical (unpaired) electrons. The Kier molecular flexibility index (Phi) is 7.23. The minimum atomic E-state index is -3.61. The van der Waals surface area contributed by atoms with Crippen LogP contribution in [0, 0.1) is 0 Å². The lowest BCUT2D eigenvalue weighted by Gasteiger charge is -2.29. The van der Waals surface area contributed by atoms with E-state index in [1.807, 2.05) is 49.1 Å². The highest BCUT2D eigenvalue weighted by Crippen LogP contribution is 2.24. The zero-order chi connectivity index (χ0) is 24.3. The number of hydrogen-bond donors (Lipinski definition) is 0. The fraction of sp³-hybridized carbons (Fsp3) is 0.440. The van der Waals surface area contributed by atoms with Gasteiger partial charge in [0.05, 0.1) is 10.4 Å². The lowest BCUT2D eigenvalue weighted by molar-refractivity contribution is -0.134. The molecule has 1 unspecified atom stereocenters. The van der Waals surface area contributed by atoms with Gasteiger partial charge in [-0.2, -0.15) is 4.31 Å². The maximum absolute atomic E-state index is 13.1. The van der Waals surface area contributed by atoms with Gasteiger partial charge in [0, 0.05) is 44.7 Å². The molecule has 0 spiro atoms. The second-order valence-corrected chi connectivity index (χ2v) is 10.7. The van der Waals surface area contributed by atoms with E-state index in [0.717, 1.165) is 24.8 Å². The van der Waals surface area contributed by atoms with Crippen molar-refractivity contribution in [2.24, 2.45) is 0 Å². The summed E-state index contributed by atoms with van der Waals surface area (Å²) in [7, 11) is -3.61. The van der Waals surface area contributed by atoms with E-state index in [1.165, 1.54) is 21.0 Å². The topological polar surface area (TPSA) is 92.8 Å². The van der Waals surface area contributed by atoms with Gasteiger partial charge in [-0.15, -0.1) is 0 Å². The number of hydrogen-bond acceptors (Lipinski definition) is 5. The van der Waals surface area contributed by atoms with Crippen LogP contribution in [0.25, 0.3) is 11.1 Å². The summed E-state index contributed by atoms with van der Waals surface area (Å²) < 4.78 is 33.9. The number of aryl methyl sites for hydroxylation is 1. The van der Waals surface area contributed by atoms with Crippen molar-refractivity contribution in [3.63, 3.8) is 0 Å². The largest absolute Gasteiger partial charge is 0.419 e. The van der Waals surface area contributed by atoms with Crippen molar-refractivity contribution in [1.82, 2.24) is 13.8 Å². The zero-order valence-corrected chi connectivity index (χ0v) is 20.5. The van der Waals surface area contributed by atoms with Gasteiger partial charge in [0.2, 0.25) is 15.9 Å². The van der Waals surface area contributed by atoms with Crippen molar-refractivity contribution in [3.8, 4) is 0 Å². The van der Waals surface area contributed by atoms with E-state index in [9.17, 15) is 18.0 Å². The molecule has 1 aromatic heterocycles. The van der Waals surface area contributed by atoms with E-state index >= 15 is 0 Å². The number of oxazole rings is 1. The Morgan fingerprint density at radius 3 is 2.50 bits per heavy atom. The van der Waals surface area contributed by atoms with Gasteiger partial charge in [0.1, 0.15) is 0 Å². The van der Waals surface area contributed by atoms with Crippen LogP contribution in [0.3, 0.4) is 0 Å². The minimum absolute atomic E-state index is 0.0484. The molecule has 1 saturated heterocycles. The average molecular weight is 486 g/mol. The number of fused-ring (bicyclic) bond motifs is 1. The monoisotopic (exact) mass is 485 g/mol. The molecule has 4 rings (SSSR count). The van der Waals surface area contributed by atoms with E-state index in [-0.39, 0.29) is 35.4 Å². The SMILES string of the molecule is CCC(C)N(Cc1ccccc1)C(=O)CCn1c(=O)oc2cc(S(=O)(=O)N3CCCC3)ccc21. The molecule has 1 atom stereocenters. The van der Waals surface area contributed by atoms with E-state index in [4.69, 9.17) is 4.42 Å². The van der Waals surface area contributed by atoms with Crippen LogP contribution in [-0.4, -0.2) is 47.2 Å². The molecule has 1 fully saturated rings. The van der Waals surface area contributed by atoms with Gasteiger partial charge < -0.3 is 9.32 Å².